The number of pyridine rings is 1. The van der Waals surface area contributed by atoms with Gasteiger partial charge in [0.05, 0.1) is 11.4 Å². The van der Waals surface area contributed by atoms with Crippen LogP contribution in [0.25, 0.3) is 11.3 Å². The molecule has 1 heterocycles. The van der Waals surface area contributed by atoms with Gasteiger partial charge in [-0.05, 0) is 30.2 Å². The van der Waals surface area contributed by atoms with Gasteiger partial charge in [0.15, 0.2) is 18.2 Å². The van der Waals surface area contributed by atoms with E-state index in [4.69, 9.17) is 9.57 Å². The molecule has 0 bridgehead atoms. The third-order valence-electron chi connectivity index (χ3n) is 3.89. The van der Waals surface area contributed by atoms with Gasteiger partial charge in [-0.15, -0.1) is 0 Å². The molecule has 0 unspecified atom stereocenters. The van der Waals surface area contributed by atoms with E-state index in [0.29, 0.717) is 0 Å². The third-order valence-corrected chi connectivity index (χ3v) is 3.89. The number of aromatic nitrogens is 1. The Labute approximate surface area is 158 Å². The largest absolute Gasteiger partial charge is 0.487 e. The van der Waals surface area contributed by atoms with Gasteiger partial charge >= 0.3 is 0 Å². The van der Waals surface area contributed by atoms with Crippen LogP contribution in [0, 0.1) is 11.9 Å². The lowest BCUT2D eigenvalue weighted by Gasteiger charge is -2.08. The van der Waals surface area contributed by atoms with Crippen LogP contribution in [0.15, 0.2) is 72.0 Å². The summed E-state index contributed by atoms with van der Waals surface area (Å²) in [7, 11) is 0. The minimum Gasteiger partial charge on any atom is -0.487 e. The molecule has 0 atom stereocenters. The molecule has 4 nitrogen and oxygen atoms in total. The second-order valence-electron chi connectivity index (χ2n) is 5.71. The minimum absolute atomic E-state index is 0.158. The first kappa shape index (κ1) is 18.6. The molecule has 0 fully saturated rings. The number of nitrogens with zero attached hydrogens (tertiary/aromatic N) is 2. The van der Waals surface area contributed by atoms with Crippen LogP contribution >= 0.6 is 0 Å². The Kier molecular flexibility index (Phi) is 6.52. The maximum atomic E-state index is 13.4. The van der Waals surface area contributed by atoms with Gasteiger partial charge in [0.2, 0.25) is 0 Å². The fraction of sp³-hybridized carbons (Fsp3) is 0.182. The number of hydrogen-bond acceptors (Lipinski definition) is 4. The Morgan fingerprint density at radius 2 is 1.93 bits per heavy atom. The average Bonchev–Trinajstić information content (AvgIpc) is 2.73. The molecule has 27 heavy (non-hydrogen) atoms. The van der Waals surface area contributed by atoms with Gasteiger partial charge in [-0.25, -0.2) is 4.39 Å². The topological polar surface area (TPSA) is 43.7 Å². The normalized spacial score (nSPS) is 11.3. The monoisotopic (exact) mass is 363 g/mol. The molecular weight excluding hydrogens is 343 g/mol. The van der Waals surface area contributed by atoms with E-state index in [9.17, 15) is 4.39 Å². The van der Waals surface area contributed by atoms with Crippen LogP contribution < -0.4 is 4.74 Å². The van der Waals surface area contributed by atoms with E-state index in [-0.39, 0.29) is 19.0 Å². The van der Waals surface area contributed by atoms with Crippen molar-refractivity contribution in [1.82, 2.24) is 4.98 Å². The van der Waals surface area contributed by atoms with Crippen LogP contribution in [0.3, 0.4) is 0 Å². The maximum absolute atomic E-state index is 13.4. The zero-order chi connectivity index (χ0) is 18.9. The molecular formula is C22H20FN2O2. The SMILES string of the molecule is CCC(=NOCCOc1ccc[c]c1F)c1ccc(-c2ccccn2)cc1. The molecule has 0 saturated carbocycles. The van der Waals surface area contributed by atoms with Crippen LogP contribution in [-0.2, 0) is 4.84 Å². The fourth-order valence-corrected chi connectivity index (χ4v) is 2.51. The number of halogens is 1. The number of rotatable bonds is 8. The molecule has 0 N–H and O–H groups in total. The quantitative estimate of drug-likeness (QED) is 0.325. The lowest BCUT2D eigenvalue weighted by molar-refractivity contribution is 0.105. The predicted octanol–water partition coefficient (Wildman–Crippen LogP) is 4.90. The van der Waals surface area contributed by atoms with Crippen molar-refractivity contribution in [1.29, 1.82) is 0 Å². The second-order valence-corrected chi connectivity index (χ2v) is 5.71. The number of ether oxygens (including phenoxy) is 1. The summed E-state index contributed by atoms with van der Waals surface area (Å²) in [4.78, 5) is 9.68. The van der Waals surface area contributed by atoms with Gasteiger partial charge in [0.1, 0.15) is 6.61 Å². The molecule has 5 heteroatoms. The molecule has 0 saturated heterocycles. The van der Waals surface area contributed by atoms with Crippen molar-refractivity contribution >= 4 is 5.71 Å². The molecule has 3 aromatic rings. The molecule has 0 aliphatic rings. The van der Waals surface area contributed by atoms with Crippen molar-refractivity contribution in [3.8, 4) is 17.0 Å². The highest BCUT2D eigenvalue weighted by Gasteiger charge is 2.05. The Morgan fingerprint density at radius 3 is 2.63 bits per heavy atom. The number of hydrogen-bond donors (Lipinski definition) is 0. The minimum atomic E-state index is -0.511. The highest BCUT2D eigenvalue weighted by molar-refractivity contribution is 6.00. The Bertz CT molecular complexity index is 880. The first-order chi connectivity index (χ1) is 13.3. The van der Waals surface area contributed by atoms with Crippen LogP contribution in [0.4, 0.5) is 4.39 Å². The van der Waals surface area contributed by atoms with Crippen molar-refractivity contribution in [3.63, 3.8) is 0 Å². The average molecular weight is 363 g/mol. The standard InChI is InChI=1S/C22H20FN2O2/c1-2-20(25-27-16-15-26-22-9-4-3-7-19(22)23)17-10-12-18(13-11-17)21-8-5-6-14-24-21/h3-6,8-14H,2,15-16H2,1H3. The molecule has 1 radical (unpaired) electrons. The lowest BCUT2D eigenvalue weighted by atomic mass is 10.0. The molecule has 3 rings (SSSR count). The van der Waals surface area contributed by atoms with E-state index < -0.39 is 5.82 Å². The first-order valence-corrected chi connectivity index (χ1v) is 8.77. The fourth-order valence-electron chi connectivity index (χ4n) is 2.51. The van der Waals surface area contributed by atoms with E-state index in [1.165, 1.54) is 6.07 Å². The Balaban J connectivity index is 1.55. The Morgan fingerprint density at radius 1 is 1.07 bits per heavy atom. The zero-order valence-corrected chi connectivity index (χ0v) is 15.1. The second kappa shape index (κ2) is 9.48. The van der Waals surface area contributed by atoms with Crippen molar-refractivity contribution in [3.05, 3.63) is 84.3 Å². The summed E-state index contributed by atoms with van der Waals surface area (Å²) in [6.07, 6.45) is 2.50. The summed E-state index contributed by atoms with van der Waals surface area (Å²) < 4.78 is 18.7. The molecule has 0 aliphatic heterocycles. The molecule has 137 valence electrons. The third kappa shape index (κ3) is 5.14. The predicted molar refractivity (Wildman–Crippen MR) is 103 cm³/mol. The summed E-state index contributed by atoms with van der Waals surface area (Å²) in [5.74, 6) is -0.353. The van der Waals surface area contributed by atoms with E-state index in [1.807, 2.05) is 49.4 Å². The molecule has 1 aromatic heterocycles. The highest BCUT2D eigenvalue weighted by Crippen LogP contribution is 2.18. The van der Waals surface area contributed by atoms with Crippen molar-refractivity contribution in [2.45, 2.75) is 13.3 Å². The maximum Gasteiger partial charge on any atom is 0.172 e. The summed E-state index contributed by atoms with van der Waals surface area (Å²) in [5.41, 5.74) is 3.80. The first-order valence-electron chi connectivity index (χ1n) is 8.77. The van der Waals surface area contributed by atoms with E-state index in [0.717, 1.165) is 29.0 Å². The van der Waals surface area contributed by atoms with Crippen LogP contribution in [0.1, 0.15) is 18.9 Å². The zero-order valence-electron chi connectivity index (χ0n) is 15.1. The van der Waals surface area contributed by atoms with Crippen LogP contribution in [0.5, 0.6) is 5.75 Å². The summed E-state index contributed by atoms with van der Waals surface area (Å²) in [5, 5.41) is 4.19. The number of benzene rings is 2. The molecule has 2 aromatic carbocycles. The molecule has 0 aliphatic carbocycles. The van der Waals surface area contributed by atoms with Crippen LogP contribution in [-0.4, -0.2) is 23.9 Å². The van der Waals surface area contributed by atoms with Crippen molar-refractivity contribution < 1.29 is 14.0 Å². The molecule has 0 spiro atoms. The smallest absolute Gasteiger partial charge is 0.172 e. The van der Waals surface area contributed by atoms with Crippen molar-refractivity contribution in [2.75, 3.05) is 13.2 Å². The summed E-state index contributed by atoms with van der Waals surface area (Å²) in [6.45, 7) is 2.44. The number of oxime groups is 1. The van der Waals surface area contributed by atoms with Gasteiger partial charge in [-0.2, -0.15) is 0 Å². The van der Waals surface area contributed by atoms with Crippen LogP contribution in [0.2, 0.25) is 0 Å². The van der Waals surface area contributed by atoms with Gasteiger partial charge in [0.25, 0.3) is 0 Å². The van der Waals surface area contributed by atoms with E-state index in [1.54, 1.807) is 18.3 Å². The lowest BCUT2D eigenvalue weighted by Crippen LogP contribution is -2.07. The van der Waals surface area contributed by atoms with E-state index in [2.05, 4.69) is 16.2 Å². The van der Waals surface area contributed by atoms with Gasteiger partial charge < -0.3 is 9.57 Å². The van der Waals surface area contributed by atoms with Gasteiger partial charge in [-0.3, -0.25) is 4.98 Å². The summed E-state index contributed by atoms with van der Waals surface area (Å²) >= 11 is 0. The Hall–Kier alpha value is -3.21. The molecule has 0 amide bonds. The highest BCUT2D eigenvalue weighted by atomic mass is 19.1. The summed E-state index contributed by atoms with van der Waals surface area (Å²) in [6, 6.07) is 21.0. The van der Waals surface area contributed by atoms with Gasteiger partial charge in [0, 0.05) is 17.8 Å². The van der Waals surface area contributed by atoms with Crippen molar-refractivity contribution in [2.24, 2.45) is 5.16 Å². The van der Waals surface area contributed by atoms with Gasteiger partial charge in [-0.1, -0.05) is 54.5 Å². The van der Waals surface area contributed by atoms with E-state index >= 15 is 0 Å².